The topological polar surface area (TPSA) is 65.2 Å². The van der Waals surface area contributed by atoms with E-state index in [1.165, 1.54) is 4.68 Å². The van der Waals surface area contributed by atoms with Crippen LogP contribution in [0, 0.1) is 6.92 Å². The quantitative estimate of drug-likeness (QED) is 0.626. The fraction of sp³-hybridized carbons (Fsp3) is 0.278. The number of hydrogen-bond acceptors (Lipinski definition) is 4. The van der Waals surface area contributed by atoms with Crippen LogP contribution >= 0.6 is 23.2 Å². The first-order valence-corrected chi connectivity index (χ1v) is 8.95. The Hall–Kier alpha value is -2.51. The van der Waals surface area contributed by atoms with Crippen molar-refractivity contribution in [2.75, 3.05) is 7.05 Å². The van der Waals surface area contributed by atoms with Crippen LogP contribution in [0.3, 0.4) is 0 Å². The van der Waals surface area contributed by atoms with Gasteiger partial charge < -0.3 is 9.64 Å². The summed E-state index contributed by atoms with van der Waals surface area (Å²) < 4.78 is 8.91. The monoisotopic (exact) mass is 407 g/mol. The number of halogens is 2. The fourth-order valence-electron chi connectivity index (χ4n) is 2.52. The molecule has 2 heterocycles. The van der Waals surface area contributed by atoms with Gasteiger partial charge in [-0.3, -0.25) is 9.48 Å². The molecule has 0 atom stereocenters. The first-order valence-electron chi connectivity index (χ1n) is 8.20. The molecule has 1 amide bonds. The van der Waals surface area contributed by atoms with Gasteiger partial charge in [-0.25, -0.2) is 4.68 Å². The average molecular weight is 408 g/mol. The van der Waals surface area contributed by atoms with E-state index in [2.05, 4.69) is 10.2 Å². The summed E-state index contributed by atoms with van der Waals surface area (Å²) in [7, 11) is 3.60. The molecule has 0 unspecified atom stereocenters. The van der Waals surface area contributed by atoms with Gasteiger partial charge in [0.25, 0.3) is 5.91 Å². The second kappa shape index (κ2) is 8.02. The maximum absolute atomic E-state index is 12.6. The molecular formula is C18H19Cl2N5O2. The van der Waals surface area contributed by atoms with Gasteiger partial charge in [-0.05, 0) is 25.1 Å². The minimum absolute atomic E-state index is 0.0855. The highest BCUT2D eigenvalue weighted by atomic mass is 35.5. The third kappa shape index (κ3) is 4.26. The van der Waals surface area contributed by atoms with E-state index in [-0.39, 0.29) is 12.6 Å². The highest BCUT2D eigenvalue weighted by Gasteiger charge is 2.17. The number of carbonyl (C=O) groups is 1. The molecule has 3 rings (SSSR count). The number of hydrogen-bond donors (Lipinski definition) is 0. The van der Waals surface area contributed by atoms with Gasteiger partial charge in [0.05, 0.1) is 16.2 Å². The third-order valence-corrected chi connectivity index (χ3v) is 4.81. The summed E-state index contributed by atoms with van der Waals surface area (Å²) in [5.74, 6) is 0.196. The number of para-hydroxylation sites is 1. The largest absolute Gasteiger partial charge is 0.468 e. The van der Waals surface area contributed by atoms with Crippen molar-refractivity contribution < 1.29 is 9.53 Å². The smallest absolute Gasteiger partial charge is 0.274 e. The standard InChI is InChI=1S/C18H19Cl2N5O2/c1-12-13(9-21-24(12)3)10-23(2)18(26)16-7-8-25(22-16)11-27-17-14(19)5-4-6-15(17)20/h4-9H,10-11H2,1-3H3. The Morgan fingerprint density at radius 3 is 2.59 bits per heavy atom. The van der Waals surface area contributed by atoms with Gasteiger partial charge in [-0.2, -0.15) is 10.2 Å². The van der Waals surface area contributed by atoms with Crippen molar-refractivity contribution in [2.45, 2.75) is 20.2 Å². The van der Waals surface area contributed by atoms with Crippen molar-refractivity contribution in [1.82, 2.24) is 24.5 Å². The molecule has 0 aliphatic heterocycles. The zero-order chi connectivity index (χ0) is 19.6. The third-order valence-electron chi connectivity index (χ3n) is 4.21. The maximum Gasteiger partial charge on any atom is 0.274 e. The second-order valence-electron chi connectivity index (χ2n) is 6.10. The van der Waals surface area contributed by atoms with Gasteiger partial charge in [0.2, 0.25) is 0 Å². The van der Waals surface area contributed by atoms with Crippen molar-refractivity contribution in [2.24, 2.45) is 7.05 Å². The predicted molar refractivity (Wildman–Crippen MR) is 103 cm³/mol. The Morgan fingerprint density at radius 1 is 1.26 bits per heavy atom. The first kappa shape index (κ1) is 19.3. The minimum atomic E-state index is -0.187. The van der Waals surface area contributed by atoms with E-state index in [9.17, 15) is 4.79 Å². The van der Waals surface area contributed by atoms with E-state index in [1.807, 2.05) is 14.0 Å². The Kier molecular flexibility index (Phi) is 5.72. The van der Waals surface area contributed by atoms with E-state index in [0.29, 0.717) is 28.0 Å². The Balaban J connectivity index is 1.64. The lowest BCUT2D eigenvalue weighted by atomic mass is 10.2. The summed E-state index contributed by atoms with van der Waals surface area (Å²) in [6, 6.07) is 6.76. The molecule has 0 aliphatic rings. The number of ether oxygens (including phenoxy) is 1. The van der Waals surface area contributed by atoms with E-state index >= 15 is 0 Å². The van der Waals surface area contributed by atoms with Crippen LogP contribution in [0.4, 0.5) is 0 Å². The van der Waals surface area contributed by atoms with Crippen LogP contribution in [0.5, 0.6) is 5.75 Å². The fourth-order valence-corrected chi connectivity index (χ4v) is 3.03. The molecule has 0 bridgehead atoms. The van der Waals surface area contributed by atoms with Crippen LogP contribution in [0.15, 0.2) is 36.7 Å². The van der Waals surface area contributed by atoms with Crippen LogP contribution < -0.4 is 4.74 Å². The highest BCUT2D eigenvalue weighted by Crippen LogP contribution is 2.32. The zero-order valence-electron chi connectivity index (χ0n) is 15.2. The van der Waals surface area contributed by atoms with Crippen LogP contribution in [0.1, 0.15) is 21.7 Å². The van der Waals surface area contributed by atoms with Crippen molar-refractivity contribution in [1.29, 1.82) is 0 Å². The molecule has 7 nitrogen and oxygen atoms in total. The number of amides is 1. The summed E-state index contributed by atoms with van der Waals surface area (Å²) in [6.07, 6.45) is 3.43. The molecule has 0 radical (unpaired) electrons. The summed E-state index contributed by atoms with van der Waals surface area (Å²) in [5, 5.41) is 9.29. The molecule has 27 heavy (non-hydrogen) atoms. The van der Waals surface area contributed by atoms with Crippen molar-refractivity contribution in [3.05, 3.63) is 63.7 Å². The number of aromatic nitrogens is 4. The van der Waals surface area contributed by atoms with Crippen LogP contribution in [-0.4, -0.2) is 37.4 Å². The van der Waals surface area contributed by atoms with Gasteiger partial charge >= 0.3 is 0 Å². The summed E-state index contributed by atoms with van der Waals surface area (Å²) >= 11 is 12.2. The molecular weight excluding hydrogens is 389 g/mol. The second-order valence-corrected chi connectivity index (χ2v) is 6.92. The van der Waals surface area contributed by atoms with Crippen molar-refractivity contribution in [3.63, 3.8) is 0 Å². The minimum Gasteiger partial charge on any atom is -0.468 e. The number of carbonyl (C=O) groups excluding carboxylic acids is 1. The van der Waals surface area contributed by atoms with Crippen LogP contribution in [0.25, 0.3) is 0 Å². The Morgan fingerprint density at radius 2 is 1.96 bits per heavy atom. The van der Waals surface area contributed by atoms with Gasteiger partial charge in [0.1, 0.15) is 0 Å². The first-order chi connectivity index (χ1) is 12.9. The molecule has 142 valence electrons. The molecule has 2 aromatic heterocycles. The molecule has 0 N–H and O–H groups in total. The van der Waals surface area contributed by atoms with Crippen LogP contribution in [-0.2, 0) is 20.3 Å². The molecule has 0 aliphatic carbocycles. The highest BCUT2D eigenvalue weighted by molar-refractivity contribution is 6.37. The summed E-state index contributed by atoms with van der Waals surface area (Å²) in [6.45, 7) is 2.51. The van der Waals surface area contributed by atoms with Gasteiger partial charge in [0.15, 0.2) is 18.2 Å². The van der Waals surface area contributed by atoms with E-state index < -0.39 is 0 Å². The van der Waals surface area contributed by atoms with E-state index in [1.54, 1.807) is 53.3 Å². The lowest BCUT2D eigenvalue weighted by Crippen LogP contribution is -2.27. The number of nitrogens with zero attached hydrogens (tertiary/aromatic N) is 5. The Bertz CT molecular complexity index is 946. The number of rotatable bonds is 6. The SMILES string of the molecule is Cc1c(CN(C)C(=O)c2ccn(COc3c(Cl)cccc3Cl)n2)cnn1C. The molecule has 1 aromatic carbocycles. The average Bonchev–Trinajstić information content (AvgIpc) is 3.23. The molecule has 9 heteroatoms. The molecule has 3 aromatic rings. The normalized spacial score (nSPS) is 10.9. The lowest BCUT2D eigenvalue weighted by Gasteiger charge is -2.15. The van der Waals surface area contributed by atoms with Gasteiger partial charge in [-0.15, -0.1) is 0 Å². The molecule has 0 fully saturated rings. The maximum atomic E-state index is 12.6. The molecule has 0 spiro atoms. The lowest BCUT2D eigenvalue weighted by molar-refractivity contribution is 0.0777. The zero-order valence-corrected chi connectivity index (χ0v) is 16.7. The predicted octanol–water partition coefficient (Wildman–Crippen LogP) is 3.54. The Labute approximate surface area is 167 Å². The van der Waals surface area contributed by atoms with Crippen molar-refractivity contribution >= 4 is 29.1 Å². The van der Waals surface area contributed by atoms with E-state index in [4.69, 9.17) is 27.9 Å². The number of benzene rings is 1. The molecule has 0 saturated carbocycles. The summed E-state index contributed by atoms with van der Waals surface area (Å²) in [4.78, 5) is 14.2. The number of aryl methyl sites for hydroxylation is 1. The molecule has 0 saturated heterocycles. The van der Waals surface area contributed by atoms with Crippen molar-refractivity contribution in [3.8, 4) is 5.75 Å². The van der Waals surface area contributed by atoms with Gasteiger partial charge in [0, 0.05) is 38.1 Å². The van der Waals surface area contributed by atoms with Gasteiger partial charge in [-0.1, -0.05) is 29.3 Å². The summed E-state index contributed by atoms with van der Waals surface area (Å²) in [5.41, 5.74) is 2.34. The van der Waals surface area contributed by atoms with Crippen LogP contribution in [0.2, 0.25) is 10.0 Å². The van der Waals surface area contributed by atoms with E-state index in [0.717, 1.165) is 11.3 Å².